The molecule has 25 heavy (non-hydrogen) atoms. The van der Waals surface area contributed by atoms with Crippen molar-refractivity contribution >= 4 is 22.5 Å². The molecule has 0 saturated carbocycles. The molecule has 0 N–H and O–H groups in total. The van der Waals surface area contributed by atoms with Gasteiger partial charge in [0.2, 0.25) is 0 Å². The van der Waals surface area contributed by atoms with Crippen LogP contribution >= 0.6 is 11.3 Å². The number of aryl methyl sites for hydroxylation is 3. The normalized spacial score (nSPS) is 14.8. The number of imidazole rings is 1. The van der Waals surface area contributed by atoms with Gasteiger partial charge in [-0.05, 0) is 56.9 Å². The summed E-state index contributed by atoms with van der Waals surface area (Å²) < 4.78 is 2.33. The zero-order valence-electron chi connectivity index (χ0n) is 15.2. The molecule has 0 saturated heterocycles. The van der Waals surface area contributed by atoms with Crippen LogP contribution in [0.3, 0.4) is 0 Å². The highest BCUT2D eigenvalue weighted by Gasteiger charge is 2.18. The molecule has 0 radical (unpaired) electrons. The topological polar surface area (TPSA) is 30.7 Å². The first-order chi connectivity index (χ1) is 12.2. The molecule has 0 atom stereocenters. The summed E-state index contributed by atoms with van der Waals surface area (Å²) in [5.74, 6) is 1.85. The third kappa shape index (κ3) is 3.15. The van der Waals surface area contributed by atoms with Gasteiger partial charge in [0.25, 0.3) is 0 Å². The van der Waals surface area contributed by atoms with Gasteiger partial charge < -0.3 is 4.57 Å². The van der Waals surface area contributed by atoms with E-state index in [1.165, 1.54) is 28.2 Å². The highest BCUT2D eigenvalue weighted by molar-refractivity contribution is 7.12. The second-order valence-electron chi connectivity index (χ2n) is 7.06. The van der Waals surface area contributed by atoms with Crippen LogP contribution in [-0.2, 0) is 13.0 Å². The third-order valence-electron chi connectivity index (χ3n) is 4.98. The first kappa shape index (κ1) is 16.5. The highest BCUT2D eigenvalue weighted by Crippen LogP contribution is 2.34. The fourth-order valence-electron chi connectivity index (χ4n) is 3.73. The predicted octanol–water partition coefficient (Wildman–Crippen LogP) is 5.54. The van der Waals surface area contributed by atoms with Crippen LogP contribution in [0.1, 0.15) is 58.9 Å². The minimum absolute atomic E-state index is 0.691. The average molecular weight is 352 g/mol. The van der Waals surface area contributed by atoms with Crippen LogP contribution in [0, 0.1) is 13.8 Å². The van der Waals surface area contributed by atoms with Crippen LogP contribution in [0.5, 0.6) is 0 Å². The first-order valence-electron chi connectivity index (χ1n) is 9.22. The Morgan fingerprint density at radius 3 is 2.72 bits per heavy atom. The Labute approximate surface area is 153 Å². The number of nitrogens with zero attached hydrogens (tertiary/aromatic N) is 3. The zero-order chi connectivity index (χ0) is 17.4. The maximum atomic E-state index is 4.92. The number of allylic oxidation sites excluding steroid dienone is 2. The zero-order valence-corrected chi connectivity index (χ0v) is 16.1. The van der Waals surface area contributed by atoms with E-state index in [9.17, 15) is 0 Å². The molecule has 3 aromatic rings. The number of fused-ring (bicyclic) bond motifs is 1. The highest BCUT2D eigenvalue weighted by atomic mass is 32.1. The van der Waals surface area contributed by atoms with Gasteiger partial charge in [0, 0.05) is 27.8 Å². The van der Waals surface area contributed by atoms with Crippen molar-refractivity contribution in [3.63, 3.8) is 0 Å². The van der Waals surface area contributed by atoms with Crippen molar-refractivity contribution in [1.82, 2.24) is 14.5 Å². The number of hydrogen-bond acceptors (Lipinski definition) is 3. The van der Waals surface area contributed by atoms with E-state index in [0.29, 0.717) is 5.92 Å². The van der Waals surface area contributed by atoms with E-state index in [-0.39, 0.29) is 0 Å². The quantitative estimate of drug-likeness (QED) is 0.565. The van der Waals surface area contributed by atoms with Crippen LogP contribution < -0.4 is 0 Å². The molecule has 3 heterocycles. The summed E-state index contributed by atoms with van der Waals surface area (Å²) in [6.45, 7) is 7.30. The summed E-state index contributed by atoms with van der Waals surface area (Å²) in [5, 5.41) is 0. The lowest BCUT2D eigenvalue weighted by Crippen LogP contribution is -2.05. The van der Waals surface area contributed by atoms with Crippen molar-refractivity contribution in [2.24, 2.45) is 0 Å². The minimum Gasteiger partial charge on any atom is -0.307 e. The molecule has 0 unspecified atom stereocenters. The van der Waals surface area contributed by atoms with Crippen molar-refractivity contribution in [2.45, 2.75) is 58.9 Å². The smallest absolute Gasteiger partial charge is 0.160 e. The number of rotatable bonds is 5. The number of aromatic nitrogens is 3. The monoisotopic (exact) mass is 351 g/mol. The molecule has 0 aliphatic heterocycles. The van der Waals surface area contributed by atoms with E-state index < -0.39 is 0 Å². The second kappa shape index (κ2) is 6.75. The Morgan fingerprint density at radius 2 is 1.96 bits per heavy atom. The molecular weight excluding hydrogens is 326 g/mol. The summed E-state index contributed by atoms with van der Waals surface area (Å²) in [7, 11) is 0. The van der Waals surface area contributed by atoms with Gasteiger partial charge in [-0.25, -0.2) is 9.97 Å². The third-order valence-corrected chi connectivity index (χ3v) is 6.21. The molecule has 0 fully saturated rings. The molecule has 0 amide bonds. The molecule has 0 aromatic carbocycles. The van der Waals surface area contributed by atoms with Crippen molar-refractivity contribution in [2.75, 3.05) is 0 Å². The van der Waals surface area contributed by atoms with Gasteiger partial charge in [0.1, 0.15) is 11.3 Å². The molecule has 130 valence electrons. The molecule has 4 rings (SSSR count). The summed E-state index contributed by atoms with van der Waals surface area (Å²) in [4.78, 5) is 12.7. The Balaban J connectivity index is 1.71. The van der Waals surface area contributed by atoms with Gasteiger partial charge in [-0.2, -0.15) is 0 Å². The molecule has 3 nitrogen and oxygen atoms in total. The molecule has 1 aliphatic rings. The molecule has 0 bridgehead atoms. The van der Waals surface area contributed by atoms with Crippen LogP contribution in [0.4, 0.5) is 0 Å². The molecule has 4 heteroatoms. The van der Waals surface area contributed by atoms with Crippen molar-refractivity contribution < 1.29 is 0 Å². The van der Waals surface area contributed by atoms with E-state index in [4.69, 9.17) is 9.97 Å². The number of thiophene rings is 1. The maximum Gasteiger partial charge on any atom is 0.160 e. The van der Waals surface area contributed by atoms with E-state index in [1.807, 2.05) is 11.3 Å². The SMILES string of the molecule is CCCc1nc2c(C)cc(C)nc2n1Cc1ccc(C2CC=CC2)s1. The predicted molar refractivity (Wildman–Crippen MR) is 106 cm³/mol. The Hall–Kier alpha value is -1.94. The standard InChI is InChI=1S/C21H25N3S/c1-4-7-19-23-20-14(2)12-15(3)22-21(20)24(19)13-17-10-11-18(25-17)16-8-5-6-9-16/h5-6,10-12,16H,4,7-9,13H2,1-3H3. The average Bonchev–Trinajstić information content (AvgIpc) is 3.30. The molecule has 3 aromatic heterocycles. The number of pyridine rings is 1. The van der Waals surface area contributed by atoms with Crippen LogP contribution in [-0.4, -0.2) is 14.5 Å². The van der Waals surface area contributed by atoms with Gasteiger partial charge >= 0.3 is 0 Å². The lowest BCUT2D eigenvalue weighted by molar-refractivity contribution is 0.722. The van der Waals surface area contributed by atoms with Gasteiger partial charge in [-0.1, -0.05) is 19.1 Å². The fourth-order valence-corrected chi connectivity index (χ4v) is 4.86. The van der Waals surface area contributed by atoms with Crippen LogP contribution in [0.25, 0.3) is 11.2 Å². The lowest BCUT2D eigenvalue weighted by Gasteiger charge is -2.08. The fraction of sp³-hybridized carbons (Fsp3) is 0.429. The van der Waals surface area contributed by atoms with E-state index in [0.717, 1.165) is 42.1 Å². The Bertz CT molecular complexity index is 924. The van der Waals surface area contributed by atoms with Gasteiger partial charge in [0.15, 0.2) is 5.65 Å². The maximum absolute atomic E-state index is 4.92. The van der Waals surface area contributed by atoms with Crippen LogP contribution in [0.2, 0.25) is 0 Å². The molecular formula is C21H25N3S. The minimum atomic E-state index is 0.691. The van der Waals surface area contributed by atoms with Crippen molar-refractivity contribution in [3.8, 4) is 0 Å². The van der Waals surface area contributed by atoms with E-state index >= 15 is 0 Å². The van der Waals surface area contributed by atoms with Crippen molar-refractivity contribution in [3.05, 3.63) is 57.2 Å². The van der Waals surface area contributed by atoms with E-state index in [1.54, 1.807) is 0 Å². The second-order valence-corrected chi connectivity index (χ2v) is 8.26. The van der Waals surface area contributed by atoms with Gasteiger partial charge in [0.05, 0.1) is 6.54 Å². The number of hydrogen-bond donors (Lipinski definition) is 0. The first-order valence-corrected chi connectivity index (χ1v) is 10.0. The van der Waals surface area contributed by atoms with Gasteiger partial charge in [-0.15, -0.1) is 11.3 Å². The Morgan fingerprint density at radius 1 is 1.16 bits per heavy atom. The largest absolute Gasteiger partial charge is 0.307 e. The summed E-state index contributed by atoms with van der Waals surface area (Å²) in [6.07, 6.45) is 9.10. The van der Waals surface area contributed by atoms with E-state index in [2.05, 4.69) is 55.7 Å². The van der Waals surface area contributed by atoms with Crippen molar-refractivity contribution in [1.29, 1.82) is 0 Å². The molecule has 0 spiro atoms. The Kier molecular flexibility index (Phi) is 4.46. The summed E-state index contributed by atoms with van der Waals surface area (Å²) in [6, 6.07) is 6.74. The summed E-state index contributed by atoms with van der Waals surface area (Å²) >= 11 is 1.96. The molecule has 1 aliphatic carbocycles. The summed E-state index contributed by atoms with van der Waals surface area (Å²) in [5.41, 5.74) is 4.39. The lowest BCUT2D eigenvalue weighted by atomic mass is 10.1. The van der Waals surface area contributed by atoms with Gasteiger partial charge in [-0.3, -0.25) is 0 Å². The van der Waals surface area contributed by atoms with Crippen LogP contribution in [0.15, 0.2) is 30.4 Å².